The number of carbonyl (C=O) groups excluding carboxylic acids is 1. The number of nitrogens with zero attached hydrogens (tertiary/aromatic N) is 1. The first-order valence-corrected chi connectivity index (χ1v) is 7.53. The van der Waals surface area contributed by atoms with Crippen molar-refractivity contribution in [1.82, 2.24) is 0 Å². The number of amides is 1. The van der Waals surface area contributed by atoms with Gasteiger partial charge in [-0.2, -0.15) is 0 Å². The van der Waals surface area contributed by atoms with Crippen LogP contribution in [0.1, 0.15) is 26.3 Å². The molecule has 2 aromatic rings. The van der Waals surface area contributed by atoms with E-state index in [1.54, 1.807) is 42.3 Å². The summed E-state index contributed by atoms with van der Waals surface area (Å²) in [4.78, 5) is 13.9. The average molecular weight is 315 g/mol. The quantitative estimate of drug-likeness (QED) is 0.836. The fourth-order valence-corrected chi connectivity index (χ4v) is 2.16. The van der Waals surface area contributed by atoms with E-state index in [1.165, 1.54) is 6.07 Å². The minimum absolute atomic E-state index is 0.0394. The van der Waals surface area contributed by atoms with Gasteiger partial charge in [0.15, 0.2) is 0 Å². The van der Waals surface area contributed by atoms with E-state index in [1.807, 2.05) is 32.9 Å². The summed E-state index contributed by atoms with van der Waals surface area (Å²) in [5.74, 6) is 0.394. The number of anilines is 1. The predicted octanol–water partition coefficient (Wildman–Crippen LogP) is 4.41. The molecule has 0 radical (unpaired) electrons. The topological polar surface area (TPSA) is 29.5 Å². The zero-order chi connectivity index (χ0) is 17.0. The van der Waals surface area contributed by atoms with E-state index in [9.17, 15) is 9.18 Å². The van der Waals surface area contributed by atoms with Crippen molar-refractivity contribution in [2.45, 2.75) is 27.4 Å². The molecule has 1 amide bonds. The first kappa shape index (κ1) is 17.0. The number of ether oxygens (including phenoxy) is 1. The SMILES string of the molecule is CN(C(=O)C(C)(C)C)c1ccc(OCc2ccccc2F)cc1. The number of hydrogen-bond donors (Lipinski definition) is 0. The van der Waals surface area contributed by atoms with Crippen LogP contribution in [0.25, 0.3) is 0 Å². The van der Waals surface area contributed by atoms with Crippen LogP contribution in [-0.4, -0.2) is 13.0 Å². The fraction of sp³-hybridized carbons (Fsp3) is 0.316. The fourth-order valence-electron chi connectivity index (χ4n) is 2.16. The van der Waals surface area contributed by atoms with Crippen molar-refractivity contribution in [3.8, 4) is 5.75 Å². The second-order valence-electron chi connectivity index (χ2n) is 6.49. The summed E-state index contributed by atoms with van der Waals surface area (Å²) in [5, 5.41) is 0. The summed E-state index contributed by atoms with van der Waals surface area (Å²) in [6.45, 7) is 5.83. The number of hydrogen-bond acceptors (Lipinski definition) is 2. The lowest BCUT2D eigenvalue weighted by molar-refractivity contribution is -0.125. The van der Waals surface area contributed by atoms with E-state index in [2.05, 4.69) is 0 Å². The van der Waals surface area contributed by atoms with E-state index in [0.29, 0.717) is 11.3 Å². The van der Waals surface area contributed by atoms with Gasteiger partial charge in [0.2, 0.25) is 5.91 Å². The second-order valence-corrected chi connectivity index (χ2v) is 6.49. The molecular formula is C19H22FNO2. The normalized spacial score (nSPS) is 11.2. The summed E-state index contributed by atoms with van der Waals surface area (Å²) < 4.78 is 19.1. The monoisotopic (exact) mass is 315 g/mol. The third-order valence-corrected chi connectivity index (χ3v) is 3.52. The highest BCUT2D eigenvalue weighted by molar-refractivity contribution is 5.96. The van der Waals surface area contributed by atoms with E-state index in [4.69, 9.17) is 4.74 Å². The van der Waals surface area contributed by atoms with Crippen molar-refractivity contribution in [3.05, 3.63) is 59.9 Å². The number of halogens is 1. The Labute approximate surface area is 136 Å². The smallest absolute Gasteiger partial charge is 0.232 e. The zero-order valence-electron chi connectivity index (χ0n) is 14.0. The highest BCUT2D eigenvalue weighted by atomic mass is 19.1. The van der Waals surface area contributed by atoms with Gasteiger partial charge in [0.05, 0.1) is 0 Å². The predicted molar refractivity (Wildman–Crippen MR) is 90.0 cm³/mol. The van der Waals surface area contributed by atoms with Gasteiger partial charge in [0.1, 0.15) is 18.2 Å². The standard InChI is InChI=1S/C19H22FNO2/c1-19(2,3)18(22)21(4)15-9-11-16(12-10-15)23-13-14-7-5-6-8-17(14)20/h5-12H,13H2,1-4H3. The van der Waals surface area contributed by atoms with Crippen molar-refractivity contribution in [3.63, 3.8) is 0 Å². The molecule has 2 rings (SSSR count). The summed E-state index contributed by atoms with van der Waals surface area (Å²) in [7, 11) is 1.75. The molecule has 0 fully saturated rings. The molecule has 0 N–H and O–H groups in total. The molecule has 0 atom stereocenters. The zero-order valence-corrected chi connectivity index (χ0v) is 14.0. The molecule has 0 aliphatic heterocycles. The molecule has 0 unspecified atom stereocenters. The van der Waals surface area contributed by atoms with Crippen molar-refractivity contribution < 1.29 is 13.9 Å². The van der Waals surface area contributed by atoms with E-state index >= 15 is 0 Å². The van der Waals surface area contributed by atoms with Crippen LogP contribution in [0.3, 0.4) is 0 Å². The van der Waals surface area contributed by atoms with E-state index < -0.39 is 5.41 Å². The molecule has 0 aliphatic carbocycles. The van der Waals surface area contributed by atoms with Gasteiger partial charge in [0.25, 0.3) is 0 Å². The molecule has 0 aromatic heterocycles. The third kappa shape index (κ3) is 4.31. The number of carbonyl (C=O) groups is 1. The molecule has 122 valence electrons. The average Bonchev–Trinajstić information content (AvgIpc) is 2.52. The Balaban J connectivity index is 2.02. The second kappa shape index (κ2) is 6.82. The Bertz CT molecular complexity index is 675. The van der Waals surface area contributed by atoms with Crippen molar-refractivity contribution in [2.75, 3.05) is 11.9 Å². The van der Waals surface area contributed by atoms with Crippen LogP contribution in [0.15, 0.2) is 48.5 Å². The molecule has 0 saturated carbocycles. The van der Waals surface area contributed by atoms with E-state index in [-0.39, 0.29) is 18.3 Å². The minimum Gasteiger partial charge on any atom is -0.489 e. The van der Waals surface area contributed by atoms with Crippen molar-refractivity contribution in [1.29, 1.82) is 0 Å². The highest BCUT2D eigenvalue weighted by Crippen LogP contribution is 2.24. The molecule has 4 heteroatoms. The lowest BCUT2D eigenvalue weighted by Crippen LogP contribution is -2.36. The maximum atomic E-state index is 13.5. The molecule has 3 nitrogen and oxygen atoms in total. The highest BCUT2D eigenvalue weighted by Gasteiger charge is 2.25. The summed E-state index contributed by atoms with van der Waals surface area (Å²) in [6, 6.07) is 13.7. The van der Waals surface area contributed by atoms with Crippen molar-refractivity contribution in [2.24, 2.45) is 5.41 Å². The van der Waals surface area contributed by atoms with Gasteiger partial charge >= 0.3 is 0 Å². The van der Waals surface area contributed by atoms with Gasteiger partial charge in [0, 0.05) is 23.7 Å². The van der Waals surface area contributed by atoms with Gasteiger partial charge in [-0.25, -0.2) is 4.39 Å². The Kier molecular flexibility index (Phi) is 5.04. The molecule has 0 heterocycles. The maximum Gasteiger partial charge on any atom is 0.232 e. The van der Waals surface area contributed by atoms with Crippen LogP contribution in [0, 0.1) is 11.2 Å². The van der Waals surface area contributed by atoms with Crippen molar-refractivity contribution >= 4 is 11.6 Å². The Morgan fingerprint density at radius 3 is 2.26 bits per heavy atom. The number of rotatable bonds is 4. The van der Waals surface area contributed by atoms with Crippen LogP contribution in [0.2, 0.25) is 0 Å². The Morgan fingerprint density at radius 1 is 1.09 bits per heavy atom. The molecule has 0 bridgehead atoms. The van der Waals surface area contributed by atoms with Gasteiger partial charge in [-0.05, 0) is 30.3 Å². The van der Waals surface area contributed by atoms with Crippen LogP contribution in [0.4, 0.5) is 10.1 Å². The summed E-state index contributed by atoms with van der Waals surface area (Å²) >= 11 is 0. The lowest BCUT2D eigenvalue weighted by atomic mass is 9.95. The number of benzene rings is 2. The minimum atomic E-state index is -0.436. The Morgan fingerprint density at radius 2 is 1.70 bits per heavy atom. The van der Waals surface area contributed by atoms with Crippen LogP contribution in [0.5, 0.6) is 5.75 Å². The summed E-state index contributed by atoms with van der Waals surface area (Å²) in [5.41, 5.74) is 0.870. The molecule has 23 heavy (non-hydrogen) atoms. The van der Waals surface area contributed by atoms with E-state index in [0.717, 1.165) is 5.69 Å². The molecular weight excluding hydrogens is 293 g/mol. The van der Waals surface area contributed by atoms with Gasteiger partial charge < -0.3 is 9.64 Å². The molecule has 0 aliphatic rings. The molecule has 0 spiro atoms. The largest absolute Gasteiger partial charge is 0.489 e. The molecule has 0 saturated heterocycles. The summed E-state index contributed by atoms with van der Waals surface area (Å²) in [6.07, 6.45) is 0. The third-order valence-electron chi connectivity index (χ3n) is 3.52. The van der Waals surface area contributed by atoms with Crippen LogP contribution < -0.4 is 9.64 Å². The Hall–Kier alpha value is -2.36. The van der Waals surface area contributed by atoms with Crippen LogP contribution in [-0.2, 0) is 11.4 Å². The van der Waals surface area contributed by atoms with Crippen LogP contribution >= 0.6 is 0 Å². The molecule has 2 aromatic carbocycles. The van der Waals surface area contributed by atoms with Gasteiger partial charge in [-0.3, -0.25) is 4.79 Å². The first-order valence-electron chi connectivity index (χ1n) is 7.53. The maximum absolute atomic E-state index is 13.5. The lowest BCUT2D eigenvalue weighted by Gasteiger charge is -2.26. The van der Waals surface area contributed by atoms with Gasteiger partial charge in [-0.15, -0.1) is 0 Å². The first-order chi connectivity index (χ1) is 10.8. The van der Waals surface area contributed by atoms with Gasteiger partial charge in [-0.1, -0.05) is 39.0 Å².